The van der Waals surface area contributed by atoms with Crippen molar-refractivity contribution in [2.24, 2.45) is 0 Å². The Morgan fingerprint density at radius 2 is 2.05 bits per heavy atom. The second-order valence-corrected chi connectivity index (χ2v) is 7.27. The number of hydrogen-bond donors (Lipinski definition) is 1. The number of benzene rings is 1. The van der Waals surface area contributed by atoms with E-state index in [4.69, 9.17) is 0 Å². The van der Waals surface area contributed by atoms with Gasteiger partial charge in [-0.15, -0.1) is 0 Å². The van der Waals surface area contributed by atoms with Gasteiger partial charge in [0.05, 0.1) is 0 Å². The van der Waals surface area contributed by atoms with Gasteiger partial charge in [0.25, 0.3) is 0 Å². The highest BCUT2D eigenvalue weighted by Gasteiger charge is 2.17. The fraction of sp³-hybridized carbons (Fsp3) is 0.625. The molecular weight excluding hydrogens is 252 g/mol. The largest absolute Gasteiger partial charge is 0.310 e. The SMILES string of the molecule is CC(C)NCc1ccccc1CN1CCSC(C)C1. The van der Waals surface area contributed by atoms with Crippen LogP contribution in [-0.2, 0) is 13.1 Å². The summed E-state index contributed by atoms with van der Waals surface area (Å²) in [7, 11) is 0. The topological polar surface area (TPSA) is 15.3 Å². The van der Waals surface area contributed by atoms with Crippen molar-refractivity contribution >= 4 is 11.8 Å². The maximum absolute atomic E-state index is 3.53. The first-order valence-corrected chi connectivity index (χ1v) is 8.34. The van der Waals surface area contributed by atoms with Crippen molar-refractivity contribution in [3.63, 3.8) is 0 Å². The first-order chi connectivity index (χ1) is 9.15. The van der Waals surface area contributed by atoms with E-state index in [-0.39, 0.29) is 0 Å². The van der Waals surface area contributed by atoms with Gasteiger partial charge in [0, 0.05) is 43.2 Å². The average molecular weight is 278 g/mol. The van der Waals surface area contributed by atoms with E-state index < -0.39 is 0 Å². The summed E-state index contributed by atoms with van der Waals surface area (Å²) in [6.45, 7) is 11.3. The van der Waals surface area contributed by atoms with Gasteiger partial charge < -0.3 is 5.32 Å². The van der Waals surface area contributed by atoms with E-state index in [9.17, 15) is 0 Å². The lowest BCUT2D eigenvalue weighted by atomic mass is 10.1. The van der Waals surface area contributed by atoms with Crippen molar-refractivity contribution in [3.8, 4) is 0 Å². The Morgan fingerprint density at radius 3 is 2.74 bits per heavy atom. The minimum atomic E-state index is 0.541. The Morgan fingerprint density at radius 1 is 1.32 bits per heavy atom. The first kappa shape index (κ1) is 14.9. The number of rotatable bonds is 5. The van der Waals surface area contributed by atoms with Gasteiger partial charge in [-0.1, -0.05) is 45.0 Å². The zero-order valence-corrected chi connectivity index (χ0v) is 13.2. The predicted octanol–water partition coefficient (Wildman–Crippen LogP) is 3.12. The van der Waals surface area contributed by atoms with E-state index in [2.05, 4.69) is 67.0 Å². The molecule has 1 aromatic carbocycles. The molecule has 1 fully saturated rings. The normalized spacial score (nSPS) is 20.9. The summed E-state index contributed by atoms with van der Waals surface area (Å²) in [6.07, 6.45) is 0. The highest BCUT2D eigenvalue weighted by atomic mass is 32.2. The van der Waals surface area contributed by atoms with E-state index in [1.165, 1.54) is 30.0 Å². The minimum absolute atomic E-state index is 0.541. The molecule has 0 bridgehead atoms. The first-order valence-electron chi connectivity index (χ1n) is 7.29. The maximum Gasteiger partial charge on any atom is 0.0237 e. The van der Waals surface area contributed by atoms with Crippen LogP contribution in [0, 0.1) is 0 Å². The third-order valence-corrected chi connectivity index (χ3v) is 4.67. The van der Waals surface area contributed by atoms with Gasteiger partial charge in [-0.05, 0) is 11.1 Å². The maximum atomic E-state index is 3.53. The fourth-order valence-corrected chi connectivity index (χ4v) is 3.56. The summed E-state index contributed by atoms with van der Waals surface area (Å²) >= 11 is 2.10. The number of nitrogens with zero attached hydrogens (tertiary/aromatic N) is 1. The fourth-order valence-electron chi connectivity index (χ4n) is 2.47. The molecule has 1 saturated heterocycles. The quantitative estimate of drug-likeness (QED) is 0.891. The molecule has 2 nitrogen and oxygen atoms in total. The van der Waals surface area contributed by atoms with Gasteiger partial charge >= 0.3 is 0 Å². The molecule has 1 N–H and O–H groups in total. The zero-order valence-electron chi connectivity index (χ0n) is 12.4. The molecule has 1 atom stereocenters. The summed E-state index contributed by atoms with van der Waals surface area (Å²) in [5, 5.41) is 4.30. The lowest BCUT2D eigenvalue weighted by molar-refractivity contribution is 0.277. The second-order valence-electron chi connectivity index (χ2n) is 5.72. The van der Waals surface area contributed by atoms with Gasteiger partial charge in [-0.2, -0.15) is 11.8 Å². The monoisotopic (exact) mass is 278 g/mol. The standard InChI is InChI=1S/C16H26N2S/c1-13(2)17-10-15-6-4-5-7-16(15)12-18-8-9-19-14(3)11-18/h4-7,13-14,17H,8-12H2,1-3H3. The smallest absolute Gasteiger partial charge is 0.0237 e. The molecule has 1 aliphatic rings. The lowest BCUT2D eigenvalue weighted by Crippen LogP contribution is -2.36. The number of hydrogen-bond acceptors (Lipinski definition) is 3. The third-order valence-electron chi connectivity index (χ3n) is 3.54. The van der Waals surface area contributed by atoms with E-state index in [1.54, 1.807) is 0 Å². The number of nitrogens with one attached hydrogen (secondary N) is 1. The molecule has 0 aliphatic carbocycles. The van der Waals surface area contributed by atoms with Crippen molar-refractivity contribution in [1.82, 2.24) is 10.2 Å². The van der Waals surface area contributed by atoms with Crippen LogP contribution in [0.25, 0.3) is 0 Å². The summed E-state index contributed by atoms with van der Waals surface area (Å²) in [5.74, 6) is 1.27. The van der Waals surface area contributed by atoms with Crippen LogP contribution in [0.2, 0.25) is 0 Å². The van der Waals surface area contributed by atoms with E-state index >= 15 is 0 Å². The molecule has 2 rings (SSSR count). The van der Waals surface area contributed by atoms with E-state index in [0.29, 0.717) is 6.04 Å². The lowest BCUT2D eigenvalue weighted by Gasteiger charge is -2.31. The molecule has 1 unspecified atom stereocenters. The van der Waals surface area contributed by atoms with Crippen LogP contribution >= 0.6 is 11.8 Å². The number of thioether (sulfide) groups is 1. The van der Waals surface area contributed by atoms with Crippen LogP contribution in [0.4, 0.5) is 0 Å². The summed E-state index contributed by atoms with van der Waals surface area (Å²) < 4.78 is 0. The van der Waals surface area contributed by atoms with Gasteiger partial charge in [-0.25, -0.2) is 0 Å². The molecule has 0 spiro atoms. The molecule has 106 valence electrons. The van der Waals surface area contributed by atoms with Crippen LogP contribution in [0.1, 0.15) is 31.9 Å². The molecule has 0 aromatic heterocycles. The Labute approximate surface area is 122 Å². The molecule has 3 heteroatoms. The second kappa shape index (κ2) is 7.32. The van der Waals surface area contributed by atoms with Gasteiger partial charge in [0.2, 0.25) is 0 Å². The molecule has 19 heavy (non-hydrogen) atoms. The van der Waals surface area contributed by atoms with Crippen molar-refractivity contribution in [2.75, 3.05) is 18.8 Å². The minimum Gasteiger partial charge on any atom is -0.310 e. The predicted molar refractivity (Wildman–Crippen MR) is 85.6 cm³/mol. The Hall–Kier alpha value is -0.510. The molecule has 0 saturated carbocycles. The summed E-state index contributed by atoms with van der Waals surface area (Å²) in [6, 6.07) is 9.39. The van der Waals surface area contributed by atoms with Gasteiger partial charge in [-0.3, -0.25) is 4.90 Å². The van der Waals surface area contributed by atoms with E-state index in [0.717, 1.165) is 18.3 Å². The Balaban J connectivity index is 1.98. The highest BCUT2D eigenvalue weighted by Crippen LogP contribution is 2.20. The van der Waals surface area contributed by atoms with Crippen molar-refractivity contribution in [1.29, 1.82) is 0 Å². The van der Waals surface area contributed by atoms with Gasteiger partial charge in [0.1, 0.15) is 0 Å². The summed E-state index contributed by atoms with van der Waals surface area (Å²) in [5.41, 5.74) is 2.93. The van der Waals surface area contributed by atoms with Crippen LogP contribution in [0.15, 0.2) is 24.3 Å². The molecule has 0 amide bonds. The van der Waals surface area contributed by atoms with Crippen LogP contribution in [-0.4, -0.2) is 35.0 Å². The average Bonchev–Trinajstić information content (AvgIpc) is 2.38. The van der Waals surface area contributed by atoms with Gasteiger partial charge in [0.15, 0.2) is 0 Å². The van der Waals surface area contributed by atoms with Crippen molar-refractivity contribution < 1.29 is 0 Å². The van der Waals surface area contributed by atoms with Crippen molar-refractivity contribution in [2.45, 2.75) is 45.2 Å². The molecule has 1 heterocycles. The highest BCUT2D eigenvalue weighted by molar-refractivity contribution is 7.99. The molecule has 1 aromatic rings. The Bertz CT molecular complexity index is 392. The van der Waals surface area contributed by atoms with Crippen LogP contribution < -0.4 is 5.32 Å². The third kappa shape index (κ3) is 4.83. The van der Waals surface area contributed by atoms with Crippen molar-refractivity contribution in [3.05, 3.63) is 35.4 Å². The summed E-state index contributed by atoms with van der Waals surface area (Å²) in [4.78, 5) is 2.59. The molecular formula is C16H26N2S. The molecule has 0 radical (unpaired) electrons. The molecule has 1 aliphatic heterocycles. The zero-order chi connectivity index (χ0) is 13.7. The Kier molecular flexibility index (Phi) is 5.74. The van der Waals surface area contributed by atoms with Crippen LogP contribution in [0.5, 0.6) is 0 Å². The van der Waals surface area contributed by atoms with Crippen LogP contribution in [0.3, 0.4) is 0 Å². The van der Waals surface area contributed by atoms with E-state index in [1.807, 2.05) is 0 Å².